The molecule has 19 heavy (non-hydrogen) atoms. The molecule has 0 aliphatic rings. The average molecular weight is 289 g/mol. The number of thiocarbonyl (C=S) groups is 1. The molecule has 0 amide bonds. The van der Waals surface area contributed by atoms with Crippen LogP contribution in [0.25, 0.3) is 0 Å². The number of methoxy groups -OCH3 is 1. The quantitative estimate of drug-likeness (QED) is 0.491. The van der Waals surface area contributed by atoms with Gasteiger partial charge in [0.05, 0.1) is 13.3 Å². The lowest BCUT2D eigenvalue weighted by molar-refractivity contribution is -0.0513. The molecule has 5 nitrogen and oxygen atoms in total. The molecule has 0 aliphatic heterocycles. The summed E-state index contributed by atoms with van der Waals surface area (Å²) in [5, 5.41) is 6.75. The van der Waals surface area contributed by atoms with E-state index < -0.39 is 6.61 Å². The lowest BCUT2D eigenvalue weighted by atomic mass is 10.2. The Labute approximate surface area is 114 Å². The second-order valence-corrected chi connectivity index (χ2v) is 3.61. The van der Waals surface area contributed by atoms with Crippen molar-refractivity contribution in [2.24, 2.45) is 5.10 Å². The van der Waals surface area contributed by atoms with Crippen LogP contribution in [0.1, 0.15) is 5.56 Å². The van der Waals surface area contributed by atoms with Crippen LogP contribution in [0.2, 0.25) is 0 Å². The first kappa shape index (κ1) is 15.1. The Hall–Kier alpha value is -1.96. The first-order valence-corrected chi connectivity index (χ1v) is 5.62. The van der Waals surface area contributed by atoms with Crippen LogP contribution < -0.4 is 20.2 Å². The summed E-state index contributed by atoms with van der Waals surface area (Å²) < 4.78 is 34.1. The maximum absolute atomic E-state index is 12.4. The Morgan fingerprint density at radius 2 is 2.21 bits per heavy atom. The standard InChI is InChI=1S/C11H13F2N3O2S/c1-14-11(19)16-15-6-7-4-3-5-8(17-2)9(7)18-10(12)13/h3-6,10H,1-2H3,(H2,14,16,19)/b15-6-. The second kappa shape index (κ2) is 7.47. The fourth-order valence-electron chi connectivity index (χ4n) is 1.23. The van der Waals surface area contributed by atoms with E-state index in [-0.39, 0.29) is 11.5 Å². The second-order valence-electron chi connectivity index (χ2n) is 3.21. The highest BCUT2D eigenvalue weighted by Crippen LogP contribution is 2.31. The number of hydrogen-bond donors (Lipinski definition) is 2. The third-order valence-electron chi connectivity index (χ3n) is 2.03. The number of hydrogen-bond acceptors (Lipinski definition) is 4. The molecule has 0 heterocycles. The van der Waals surface area contributed by atoms with Crippen LogP contribution in [0.15, 0.2) is 23.3 Å². The molecular weight excluding hydrogens is 276 g/mol. The predicted octanol–water partition coefficient (Wildman–Crippen LogP) is 1.72. The van der Waals surface area contributed by atoms with Gasteiger partial charge in [0.2, 0.25) is 0 Å². The average Bonchev–Trinajstić information content (AvgIpc) is 2.39. The van der Waals surface area contributed by atoms with Gasteiger partial charge in [-0.15, -0.1) is 0 Å². The molecule has 0 bridgehead atoms. The lowest BCUT2D eigenvalue weighted by Crippen LogP contribution is -2.28. The van der Waals surface area contributed by atoms with Crippen LogP contribution in [0.3, 0.4) is 0 Å². The highest BCUT2D eigenvalue weighted by Gasteiger charge is 2.14. The Kier molecular flexibility index (Phi) is 5.94. The first-order valence-electron chi connectivity index (χ1n) is 5.21. The molecule has 104 valence electrons. The van der Waals surface area contributed by atoms with Crippen molar-refractivity contribution in [3.05, 3.63) is 23.8 Å². The lowest BCUT2D eigenvalue weighted by Gasteiger charge is -2.12. The number of ether oxygens (including phenoxy) is 2. The van der Waals surface area contributed by atoms with E-state index in [2.05, 4.69) is 20.6 Å². The number of nitrogens with one attached hydrogen (secondary N) is 2. The highest BCUT2D eigenvalue weighted by molar-refractivity contribution is 7.80. The maximum Gasteiger partial charge on any atom is 0.387 e. The van der Waals surface area contributed by atoms with Crippen molar-refractivity contribution in [2.75, 3.05) is 14.2 Å². The Balaban J connectivity index is 2.95. The first-order chi connectivity index (χ1) is 9.08. The van der Waals surface area contributed by atoms with Gasteiger partial charge in [-0.25, -0.2) is 0 Å². The molecule has 0 saturated carbocycles. The SMILES string of the molecule is CNC(=S)N/N=C\c1cccc(OC)c1OC(F)F. The van der Waals surface area contributed by atoms with E-state index in [0.717, 1.165) is 0 Å². The molecule has 1 aromatic rings. The summed E-state index contributed by atoms with van der Waals surface area (Å²) in [6.45, 7) is -2.95. The van der Waals surface area contributed by atoms with Crippen LogP contribution >= 0.6 is 12.2 Å². The van der Waals surface area contributed by atoms with Crippen LogP contribution in [0, 0.1) is 0 Å². The molecule has 2 N–H and O–H groups in total. The largest absolute Gasteiger partial charge is 0.493 e. The molecule has 8 heteroatoms. The van der Waals surface area contributed by atoms with Crippen LogP contribution in [0.5, 0.6) is 11.5 Å². The number of benzene rings is 1. The molecule has 0 aliphatic carbocycles. The molecule has 0 spiro atoms. The summed E-state index contributed by atoms with van der Waals surface area (Å²) in [7, 11) is 2.99. The van der Waals surface area contributed by atoms with Gasteiger partial charge < -0.3 is 14.8 Å². The van der Waals surface area contributed by atoms with Gasteiger partial charge in [-0.2, -0.15) is 13.9 Å². The number of nitrogens with zero attached hydrogens (tertiary/aromatic N) is 1. The minimum atomic E-state index is -2.95. The van der Waals surface area contributed by atoms with Gasteiger partial charge in [-0.05, 0) is 24.4 Å². The van der Waals surface area contributed by atoms with Gasteiger partial charge in [-0.3, -0.25) is 5.43 Å². The summed E-state index contributed by atoms with van der Waals surface area (Å²) in [5.41, 5.74) is 2.84. The van der Waals surface area contributed by atoms with Gasteiger partial charge in [0.1, 0.15) is 0 Å². The fraction of sp³-hybridized carbons (Fsp3) is 0.273. The highest BCUT2D eigenvalue weighted by atomic mass is 32.1. The predicted molar refractivity (Wildman–Crippen MR) is 72.0 cm³/mol. The molecular formula is C11H13F2N3O2S. The van der Waals surface area contributed by atoms with Crippen LogP contribution in [0.4, 0.5) is 8.78 Å². The van der Waals surface area contributed by atoms with Crippen molar-refractivity contribution < 1.29 is 18.3 Å². The van der Waals surface area contributed by atoms with Crippen molar-refractivity contribution in [3.63, 3.8) is 0 Å². The summed E-state index contributed by atoms with van der Waals surface area (Å²) in [6.07, 6.45) is 1.31. The van der Waals surface area contributed by atoms with Gasteiger partial charge >= 0.3 is 6.61 Å². The molecule has 1 aromatic carbocycles. The van der Waals surface area contributed by atoms with Crippen molar-refractivity contribution in [1.82, 2.24) is 10.7 Å². The minimum Gasteiger partial charge on any atom is -0.493 e. The molecule has 0 aromatic heterocycles. The topological polar surface area (TPSA) is 54.9 Å². The van der Waals surface area contributed by atoms with Crippen molar-refractivity contribution in [1.29, 1.82) is 0 Å². The number of para-hydroxylation sites is 1. The van der Waals surface area contributed by atoms with E-state index in [1.54, 1.807) is 19.2 Å². The van der Waals surface area contributed by atoms with Crippen molar-refractivity contribution in [3.8, 4) is 11.5 Å². The van der Waals surface area contributed by atoms with Gasteiger partial charge in [0, 0.05) is 12.6 Å². The van der Waals surface area contributed by atoms with Gasteiger partial charge in [0.15, 0.2) is 16.6 Å². The minimum absolute atomic E-state index is 0.0825. The number of halogens is 2. The number of hydrazone groups is 1. The van der Waals surface area contributed by atoms with E-state index in [9.17, 15) is 8.78 Å². The molecule has 0 radical (unpaired) electrons. The summed E-state index contributed by atoms with van der Waals surface area (Å²) >= 11 is 4.81. The smallest absolute Gasteiger partial charge is 0.387 e. The monoisotopic (exact) mass is 289 g/mol. The molecule has 0 fully saturated rings. The summed E-state index contributed by atoms with van der Waals surface area (Å²) in [5.74, 6) is 0.112. The van der Waals surface area contributed by atoms with Crippen molar-refractivity contribution >= 4 is 23.5 Å². The zero-order valence-electron chi connectivity index (χ0n) is 10.3. The van der Waals surface area contributed by atoms with E-state index >= 15 is 0 Å². The Bertz CT molecular complexity index is 469. The Morgan fingerprint density at radius 1 is 1.47 bits per heavy atom. The van der Waals surface area contributed by atoms with Gasteiger partial charge in [-0.1, -0.05) is 6.07 Å². The summed E-state index contributed by atoms with van der Waals surface area (Å²) in [6, 6.07) is 4.71. The molecule has 0 saturated heterocycles. The van der Waals surface area contributed by atoms with E-state index in [1.165, 1.54) is 19.4 Å². The van der Waals surface area contributed by atoms with Crippen LogP contribution in [-0.2, 0) is 0 Å². The van der Waals surface area contributed by atoms with Crippen molar-refractivity contribution in [2.45, 2.75) is 6.61 Å². The maximum atomic E-state index is 12.4. The molecule has 0 unspecified atom stereocenters. The van der Waals surface area contributed by atoms with Crippen LogP contribution in [-0.4, -0.2) is 32.1 Å². The number of rotatable bonds is 5. The Morgan fingerprint density at radius 3 is 2.79 bits per heavy atom. The summed E-state index contributed by atoms with van der Waals surface area (Å²) in [4.78, 5) is 0. The number of alkyl halides is 2. The van der Waals surface area contributed by atoms with E-state index in [4.69, 9.17) is 17.0 Å². The van der Waals surface area contributed by atoms with E-state index in [0.29, 0.717) is 10.7 Å². The zero-order valence-corrected chi connectivity index (χ0v) is 11.1. The van der Waals surface area contributed by atoms with E-state index in [1.807, 2.05) is 0 Å². The molecule has 1 rings (SSSR count). The van der Waals surface area contributed by atoms with Gasteiger partial charge in [0.25, 0.3) is 0 Å². The molecule has 0 atom stereocenters. The fourth-order valence-corrected chi connectivity index (χ4v) is 1.28. The zero-order chi connectivity index (χ0) is 14.3. The third-order valence-corrected chi connectivity index (χ3v) is 2.33. The third kappa shape index (κ3) is 4.66. The normalized spacial score (nSPS) is 10.6.